The van der Waals surface area contributed by atoms with Crippen LogP contribution in [-0.4, -0.2) is 18.1 Å². The first-order valence-electron chi connectivity index (χ1n) is 7.52. The van der Waals surface area contributed by atoms with Gasteiger partial charge in [0.25, 0.3) is 0 Å². The molecule has 1 fully saturated rings. The first kappa shape index (κ1) is 12.2. The van der Waals surface area contributed by atoms with Crippen molar-refractivity contribution in [3.63, 3.8) is 0 Å². The highest BCUT2D eigenvalue weighted by molar-refractivity contribution is 5.26. The Kier molecular flexibility index (Phi) is 3.64. The number of nitrogens with one attached hydrogen (secondary N) is 1. The Labute approximate surface area is 110 Å². The lowest BCUT2D eigenvalue weighted by atomic mass is 9.93. The fourth-order valence-electron chi connectivity index (χ4n) is 3.37. The van der Waals surface area contributed by atoms with Gasteiger partial charge in [-0.05, 0) is 62.7 Å². The molecule has 2 nitrogen and oxygen atoms in total. The number of nitrogens with zero attached hydrogens (tertiary/aromatic N) is 1. The molecule has 0 amide bonds. The molecule has 2 aliphatic rings. The van der Waals surface area contributed by atoms with Crippen LogP contribution < -0.4 is 5.32 Å². The second kappa shape index (κ2) is 5.40. The van der Waals surface area contributed by atoms with Crippen molar-refractivity contribution in [2.75, 3.05) is 13.1 Å². The molecule has 0 radical (unpaired) electrons. The summed E-state index contributed by atoms with van der Waals surface area (Å²) in [6.45, 7) is 4.67. The molecule has 1 N–H and O–H groups in total. The highest BCUT2D eigenvalue weighted by Gasteiger charge is 2.19. The SMILES string of the molecule is CC1CCCc2ccc(C3CCNCC3)nc2C1. The Balaban J connectivity index is 1.84. The third-order valence-corrected chi connectivity index (χ3v) is 4.53. The third-order valence-electron chi connectivity index (χ3n) is 4.53. The number of hydrogen-bond acceptors (Lipinski definition) is 2. The van der Waals surface area contributed by atoms with Crippen LogP contribution >= 0.6 is 0 Å². The van der Waals surface area contributed by atoms with Gasteiger partial charge in [0.2, 0.25) is 0 Å². The minimum absolute atomic E-state index is 0.690. The van der Waals surface area contributed by atoms with Crippen molar-refractivity contribution in [2.24, 2.45) is 5.92 Å². The van der Waals surface area contributed by atoms with Crippen LogP contribution in [0.1, 0.15) is 55.5 Å². The molecule has 2 heterocycles. The lowest BCUT2D eigenvalue weighted by Gasteiger charge is -2.23. The lowest BCUT2D eigenvalue weighted by Crippen LogP contribution is -2.27. The van der Waals surface area contributed by atoms with E-state index >= 15 is 0 Å². The minimum atomic E-state index is 0.690. The highest BCUT2D eigenvalue weighted by Crippen LogP contribution is 2.28. The number of rotatable bonds is 1. The van der Waals surface area contributed by atoms with Gasteiger partial charge < -0.3 is 5.32 Å². The summed E-state index contributed by atoms with van der Waals surface area (Å²) in [5, 5.41) is 3.44. The van der Waals surface area contributed by atoms with Gasteiger partial charge >= 0.3 is 0 Å². The lowest BCUT2D eigenvalue weighted by molar-refractivity contribution is 0.451. The molecule has 1 saturated heterocycles. The maximum atomic E-state index is 5.02. The zero-order chi connectivity index (χ0) is 12.4. The van der Waals surface area contributed by atoms with Gasteiger partial charge in [-0.2, -0.15) is 0 Å². The zero-order valence-corrected chi connectivity index (χ0v) is 11.4. The molecule has 1 aliphatic carbocycles. The molecule has 1 atom stereocenters. The van der Waals surface area contributed by atoms with E-state index < -0.39 is 0 Å². The van der Waals surface area contributed by atoms with Crippen molar-refractivity contribution in [3.05, 3.63) is 29.1 Å². The van der Waals surface area contributed by atoms with E-state index in [9.17, 15) is 0 Å². The average molecular weight is 244 g/mol. The quantitative estimate of drug-likeness (QED) is 0.768. The van der Waals surface area contributed by atoms with Crippen molar-refractivity contribution < 1.29 is 0 Å². The summed E-state index contributed by atoms with van der Waals surface area (Å²) in [5.74, 6) is 1.50. The first-order chi connectivity index (χ1) is 8.83. The van der Waals surface area contributed by atoms with Crippen LogP contribution in [-0.2, 0) is 12.8 Å². The number of aromatic nitrogens is 1. The molecule has 1 unspecified atom stereocenters. The summed E-state index contributed by atoms with van der Waals surface area (Å²) in [6.07, 6.45) is 7.62. The average Bonchev–Trinajstić information content (AvgIpc) is 2.59. The van der Waals surface area contributed by atoms with E-state index in [0.717, 1.165) is 19.0 Å². The van der Waals surface area contributed by atoms with Crippen LogP contribution in [0, 0.1) is 5.92 Å². The van der Waals surface area contributed by atoms with Crippen LogP contribution in [0.25, 0.3) is 0 Å². The van der Waals surface area contributed by atoms with Crippen LogP contribution in [0.5, 0.6) is 0 Å². The summed E-state index contributed by atoms with van der Waals surface area (Å²) in [5.41, 5.74) is 4.26. The minimum Gasteiger partial charge on any atom is -0.317 e. The Morgan fingerprint density at radius 1 is 1.17 bits per heavy atom. The Morgan fingerprint density at radius 2 is 2.00 bits per heavy atom. The van der Waals surface area contributed by atoms with E-state index in [4.69, 9.17) is 4.98 Å². The highest BCUT2D eigenvalue weighted by atomic mass is 14.9. The summed E-state index contributed by atoms with van der Waals surface area (Å²) in [6, 6.07) is 4.66. The molecule has 0 aromatic carbocycles. The molecule has 3 rings (SSSR count). The molecule has 1 aliphatic heterocycles. The normalized spacial score (nSPS) is 25.5. The van der Waals surface area contributed by atoms with E-state index in [2.05, 4.69) is 24.4 Å². The van der Waals surface area contributed by atoms with Crippen molar-refractivity contribution in [2.45, 2.75) is 51.4 Å². The molecule has 0 spiro atoms. The second-order valence-electron chi connectivity index (χ2n) is 6.07. The summed E-state index contributed by atoms with van der Waals surface area (Å²) in [7, 11) is 0. The van der Waals surface area contributed by atoms with E-state index in [1.807, 2.05) is 0 Å². The molecule has 0 bridgehead atoms. The molecule has 98 valence electrons. The summed E-state index contributed by atoms with van der Waals surface area (Å²) in [4.78, 5) is 5.02. The molecule has 1 aromatic rings. The number of piperidine rings is 1. The fourth-order valence-corrected chi connectivity index (χ4v) is 3.37. The molecule has 2 heteroatoms. The smallest absolute Gasteiger partial charge is 0.0441 e. The summed E-state index contributed by atoms with van der Waals surface area (Å²) >= 11 is 0. The van der Waals surface area contributed by atoms with Gasteiger partial charge in [-0.3, -0.25) is 4.98 Å². The largest absolute Gasteiger partial charge is 0.317 e. The maximum absolute atomic E-state index is 5.02. The van der Waals surface area contributed by atoms with Crippen molar-refractivity contribution >= 4 is 0 Å². The van der Waals surface area contributed by atoms with Gasteiger partial charge in [-0.25, -0.2) is 0 Å². The predicted octanol–water partition coefficient (Wildman–Crippen LogP) is 3.06. The molecular weight excluding hydrogens is 220 g/mol. The number of pyridine rings is 1. The zero-order valence-electron chi connectivity index (χ0n) is 11.4. The van der Waals surface area contributed by atoms with Crippen LogP contribution in [0.2, 0.25) is 0 Å². The Bertz CT molecular complexity index is 408. The third kappa shape index (κ3) is 2.59. The van der Waals surface area contributed by atoms with E-state index in [0.29, 0.717) is 5.92 Å². The molecule has 18 heavy (non-hydrogen) atoms. The Hall–Kier alpha value is -0.890. The number of aryl methyl sites for hydroxylation is 1. The van der Waals surface area contributed by atoms with Gasteiger partial charge in [0, 0.05) is 17.3 Å². The van der Waals surface area contributed by atoms with Crippen LogP contribution in [0.4, 0.5) is 0 Å². The second-order valence-corrected chi connectivity index (χ2v) is 6.07. The fraction of sp³-hybridized carbons (Fsp3) is 0.688. The van der Waals surface area contributed by atoms with Gasteiger partial charge in [-0.15, -0.1) is 0 Å². The molecular formula is C16H24N2. The number of fused-ring (bicyclic) bond motifs is 1. The topological polar surface area (TPSA) is 24.9 Å². The standard InChI is InChI=1S/C16H24N2/c1-12-3-2-4-13-5-6-15(18-16(13)11-12)14-7-9-17-10-8-14/h5-6,12,14,17H,2-4,7-11H2,1H3. The monoisotopic (exact) mass is 244 g/mol. The molecule has 1 aromatic heterocycles. The van der Waals surface area contributed by atoms with Gasteiger partial charge in [-0.1, -0.05) is 19.4 Å². The first-order valence-corrected chi connectivity index (χ1v) is 7.52. The van der Waals surface area contributed by atoms with Gasteiger partial charge in [0.15, 0.2) is 0 Å². The van der Waals surface area contributed by atoms with Crippen molar-refractivity contribution in [3.8, 4) is 0 Å². The van der Waals surface area contributed by atoms with Crippen molar-refractivity contribution in [1.82, 2.24) is 10.3 Å². The van der Waals surface area contributed by atoms with Gasteiger partial charge in [0.1, 0.15) is 0 Å². The van der Waals surface area contributed by atoms with E-state index in [1.54, 1.807) is 0 Å². The van der Waals surface area contributed by atoms with E-state index in [1.165, 1.54) is 55.5 Å². The van der Waals surface area contributed by atoms with Crippen molar-refractivity contribution in [1.29, 1.82) is 0 Å². The van der Waals surface area contributed by atoms with E-state index in [-0.39, 0.29) is 0 Å². The van der Waals surface area contributed by atoms with Crippen LogP contribution in [0.3, 0.4) is 0 Å². The molecule has 0 saturated carbocycles. The summed E-state index contributed by atoms with van der Waals surface area (Å²) < 4.78 is 0. The van der Waals surface area contributed by atoms with Gasteiger partial charge in [0.05, 0.1) is 0 Å². The Morgan fingerprint density at radius 3 is 2.83 bits per heavy atom. The maximum Gasteiger partial charge on any atom is 0.0441 e. The predicted molar refractivity (Wildman–Crippen MR) is 74.9 cm³/mol. The number of hydrogen-bond donors (Lipinski definition) is 1. The van der Waals surface area contributed by atoms with Crippen LogP contribution in [0.15, 0.2) is 12.1 Å².